The van der Waals surface area contributed by atoms with Gasteiger partial charge in [0.05, 0.1) is 13.2 Å². The number of H-pyrrole nitrogens is 1. The molecule has 132 valence electrons. The molecule has 4 heterocycles. The van der Waals surface area contributed by atoms with Crippen molar-refractivity contribution in [3.8, 4) is 0 Å². The molecule has 9 heteroatoms. The molecule has 4 rings (SSSR count). The van der Waals surface area contributed by atoms with Crippen LogP contribution in [0, 0.1) is 0 Å². The van der Waals surface area contributed by atoms with Crippen LogP contribution in [-0.2, 0) is 17.7 Å². The van der Waals surface area contributed by atoms with Crippen LogP contribution in [-0.4, -0.2) is 60.5 Å². The number of fused-ring (bicyclic) bond motifs is 1. The molecule has 9 nitrogen and oxygen atoms in total. The molecule has 0 saturated carbocycles. The second-order valence-corrected chi connectivity index (χ2v) is 6.09. The minimum absolute atomic E-state index is 0.109. The van der Waals surface area contributed by atoms with E-state index in [1.165, 1.54) is 4.68 Å². The molecular formula is C16H21N7O2. The molecule has 1 aliphatic rings. The van der Waals surface area contributed by atoms with E-state index in [0.29, 0.717) is 31.2 Å². The molecule has 0 aliphatic carbocycles. The van der Waals surface area contributed by atoms with Gasteiger partial charge < -0.3 is 4.74 Å². The van der Waals surface area contributed by atoms with Crippen molar-refractivity contribution in [2.24, 2.45) is 0 Å². The molecular weight excluding hydrogens is 322 g/mol. The number of aryl methyl sites for hydroxylation is 1. The predicted molar refractivity (Wildman–Crippen MR) is 90.3 cm³/mol. The maximum Gasteiger partial charge on any atom is 0.350 e. The van der Waals surface area contributed by atoms with Gasteiger partial charge in [-0.15, -0.1) is 5.10 Å². The Bertz CT molecular complexity index is 912. The predicted octanol–water partition coefficient (Wildman–Crippen LogP) is 0.250. The van der Waals surface area contributed by atoms with Crippen molar-refractivity contribution in [2.45, 2.75) is 26.0 Å². The molecule has 1 fully saturated rings. The number of hydrogen-bond acceptors (Lipinski definition) is 6. The van der Waals surface area contributed by atoms with Crippen molar-refractivity contribution in [3.63, 3.8) is 0 Å². The van der Waals surface area contributed by atoms with Crippen LogP contribution in [0.3, 0.4) is 0 Å². The lowest BCUT2D eigenvalue weighted by Crippen LogP contribution is -2.41. The van der Waals surface area contributed by atoms with Crippen LogP contribution in [0.5, 0.6) is 0 Å². The van der Waals surface area contributed by atoms with E-state index < -0.39 is 0 Å². The fourth-order valence-electron chi connectivity index (χ4n) is 3.02. The van der Waals surface area contributed by atoms with Crippen LogP contribution in [0.15, 0.2) is 29.2 Å². The molecule has 3 aromatic heterocycles. The molecule has 1 aliphatic heterocycles. The van der Waals surface area contributed by atoms with Gasteiger partial charge in [-0.05, 0) is 12.1 Å². The topological polar surface area (TPSA) is 93.3 Å². The normalized spacial score (nSPS) is 18.8. The van der Waals surface area contributed by atoms with Crippen molar-refractivity contribution in [1.29, 1.82) is 0 Å². The second kappa shape index (κ2) is 6.77. The van der Waals surface area contributed by atoms with Gasteiger partial charge in [0.2, 0.25) is 0 Å². The summed E-state index contributed by atoms with van der Waals surface area (Å²) in [5, 5.41) is 11.5. The van der Waals surface area contributed by atoms with Crippen molar-refractivity contribution in [3.05, 3.63) is 46.5 Å². The van der Waals surface area contributed by atoms with Crippen molar-refractivity contribution in [2.75, 3.05) is 26.2 Å². The number of morpholine rings is 1. The lowest BCUT2D eigenvalue weighted by atomic mass is 10.2. The first kappa shape index (κ1) is 16.0. The smallest absolute Gasteiger partial charge is 0.350 e. The first-order valence-electron chi connectivity index (χ1n) is 8.54. The van der Waals surface area contributed by atoms with Gasteiger partial charge in [-0.1, -0.05) is 13.0 Å². The number of hydrogen-bond donors (Lipinski definition) is 1. The van der Waals surface area contributed by atoms with E-state index >= 15 is 0 Å². The van der Waals surface area contributed by atoms with Crippen molar-refractivity contribution in [1.82, 2.24) is 34.3 Å². The standard InChI is InChI=1S/C16H21N7O2/c1-2-13-17-15(19-18-13)12-11-21(9-10-25-12)7-8-23-16(24)22-6-4-3-5-14(22)20-23/h3-6,12H,2,7-11H2,1H3,(H,17,18,19). The lowest BCUT2D eigenvalue weighted by molar-refractivity contribution is -0.0353. The number of aromatic amines is 1. The number of rotatable bonds is 5. The van der Waals surface area contributed by atoms with Crippen LogP contribution in [0.2, 0.25) is 0 Å². The average Bonchev–Trinajstić information content (AvgIpc) is 3.26. The fraction of sp³-hybridized carbons (Fsp3) is 0.500. The molecule has 1 N–H and O–H groups in total. The molecule has 0 radical (unpaired) electrons. The van der Waals surface area contributed by atoms with Crippen LogP contribution in [0.1, 0.15) is 24.7 Å². The lowest BCUT2D eigenvalue weighted by Gasteiger charge is -2.31. The Morgan fingerprint density at radius 2 is 2.28 bits per heavy atom. The summed E-state index contributed by atoms with van der Waals surface area (Å²) in [6.07, 6.45) is 2.42. The van der Waals surface area contributed by atoms with Gasteiger partial charge in [0.1, 0.15) is 11.9 Å². The summed E-state index contributed by atoms with van der Waals surface area (Å²) in [6, 6.07) is 5.53. The van der Waals surface area contributed by atoms with E-state index in [2.05, 4.69) is 25.2 Å². The van der Waals surface area contributed by atoms with Crippen molar-refractivity contribution >= 4 is 5.65 Å². The third kappa shape index (κ3) is 3.20. The summed E-state index contributed by atoms with van der Waals surface area (Å²) in [5.41, 5.74) is 0.558. The Hall–Kier alpha value is -2.52. The minimum Gasteiger partial charge on any atom is -0.367 e. The highest BCUT2D eigenvalue weighted by molar-refractivity contribution is 5.35. The number of ether oxygens (including phenoxy) is 1. The van der Waals surface area contributed by atoms with Gasteiger partial charge in [0.25, 0.3) is 0 Å². The number of pyridine rings is 1. The summed E-state index contributed by atoms with van der Waals surface area (Å²) in [6.45, 7) is 5.47. The molecule has 0 aromatic carbocycles. The molecule has 3 aromatic rings. The van der Waals surface area contributed by atoms with E-state index in [0.717, 1.165) is 25.3 Å². The average molecular weight is 343 g/mol. The summed E-state index contributed by atoms with van der Waals surface area (Å²) < 4.78 is 8.87. The summed E-state index contributed by atoms with van der Waals surface area (Å²) >= 11 is 0. The number of nitrogens with one attached hydrogen (secondary N) is 1. The SMILES string of the molecule is CCc1nc(C2CN(CCn3nc4ccccn4c3=O)CCO2)n[nH]1. The number of aromatic nitrogens is 6. The van der Waals surface area contributed by atoms with E-state index in [-0.39, 0.29) is 11.8 Å². The zero-order chi connectivity index (χ0) is 17.2. The first-order chi connectivity index (χ1) is 12.2. The largest absolute Gasteiger partial charge is 0.367 e. The third-order valence-corrected chi connectivity index (χ3v) is 4.44. The zero-order valence-electron chi connectivity index (χ0n) is 14.1. The quantitative estimate of drug-likeness (QED) is 0.714. The molecule has 25 heavy (non-hydrogen) atoms. The van der Waals surface area contributed by atoms with Gasteiger partial charge in [-0.25, -0.2) is 14.5 Å². The maximum absolute atomic E-state index is 12.3. The van der Waals surface area contributed by atoms with Crippen molar-refractivity contribution < 1.29 is 4.74 Å². The Morgan fingerprint density at radius 1 is 1.36 bits per heavy atom. The highest BCUT2D eigenvalue weighted by atomic mass is 16.5. The van der Waals surface area contributed by atoms with Crippen LogP contribution in [0.4, 0.5) is 0 Å². The molecule has 0 bridgehead atoms. The molecule has 1 saturated heterocycles. The van der Waals surface area contributed by atoms with Gasteiger partial charge in [-0.2, -0.15) is 5.10 Å². The number of nitrogens with zero attached hydrogens (tertiary/aromatic N) is 6. The van der Waals surface area contributed by atoms with E-state index in [9.17, 15) is 4.79 Å². The third-order valence-electron chi connectivity index (χ3n) is 4.44. The Kier molecular flexibility index (Phi) is 4.33. The molecule has 0 amide bonds. The van der Waals surface area contributed by atoms with E-state index in [4.69, 9.17) is 4.74 Å². The van der Waals surface area contributed by atoms with Crippen LogP contribution < -0.4 is 5.69 Å². The van der Waals surface area contributed by atoms with Crippen LogP contribution in [0.25, 0.3) is 5.65 Å². The summed E-state index contributed by atoms with van der Waals surface area (Å²) in [4.78, 5) is 19.0. The molecule has 1 unspecified atom stereocenters. The monoisotopic (exact) mass is 343 g/mol. The van der Waals surface area contributed by atoms with Gasteiger partial charge in [0.15, 0.2) is 11.5 Å². The van der Waals surface area contributed by atoms with E-state index in [1.54, 1.807) is 10.6 Å². The van der Waals surface area contributed by atoms with E-state index in [1.807, 2.05) is 25.1 Å². The maximum atomic E-state index is 12.3. The fourth-order valence-corrected chi connectivity index (χ4v) is 3.02. The molecule has 1 atom stereocenters. The Labute approximate surface area is 144 Å². The zero-order valence-corrected chi connectivity index (χ0v) is 14.1. The summed E-state index contributed by atoms with van der Waals surface area (Å²) in [7, 11) is 0. The highest BCUT2D eigenvalue weighted by Gasteiger charge is 2.25. The summed E-state index contributed by atoms with van der Waals surface area (Å²) in [5.74, 6) is 1.57. The second-order valence-electron chi connectivity index (χ2n) is 6.09. The Morgan fingerprint density at radius 3 is 3.08 bits per heavy atom. The Balaban J connectivity index is 1.42. The highest BCUT2D eigenvalue weighted by Crippen LogP contribution is 2.19. The molecule has 0 spiro atoms. The first-order valence-corrected chi connectivity index (χ1v) is 8.54. The van der Waals surface area contributed by atoms with Gasteiger partial charge >= 0.3 is 5.69 Å². The van der Waals surface area contributed by atoms with Gasteiger partial charge in [-0.3, -0.25) is 14.4 Å². The van der Waals surface area contributed by atoms with Gasteiger partial charge in [0, 0.05) is 32.3 Å². The van der Waals surface area contributed by atoms with Crippen LogP contribution >= 0.6 is 0 Å². The minimum atomic E-state index is -0.136.